The van der Waals surface area contributed by atoms with Crippen LogP contribution in [0.15, 0.2) is 27.1 Å². The van der Waals surface area contributed by atoms with Crippen molar-refractivity contribution in [2.45, 2.75) is 20.0 Å². The molecule has 0 aliphatic rings. The molecule has 0 N–H and O–H groups in total. The predicted octanol–water partition coefficient (Wildman–Crippen LogP) is 4.74. The monoisotopic (exact) mass is 406 g/mol. The molecule has 1 heterocycles. The molecule has 3 nitrogen and oxygen atoms in total. The molecule has 0 saturated carbocycles. The van der Waals surface area contributed by atoms with E-state index in [0.717, 1.165) is 26.8 Å². The van der Waals surface area contributed by atoms with E-state index in [9.17, 15) is 0 Å². The van der Waals surface area contributed by atoms with Gasteiger partial charge in [0.1, 0.15) is 12.4 Å². The topological polar surface area (TPSA) is 27.1 Å². The van der Waals surface area contributed by atoms with E-state index < -0.39 is 0 Å². The number of benzene rings is 1. The molecule has 0 aliphatic heterocycles. The minimum absolute atomic E-state index is 0.417. The van der Waals surface area contributed by atoms with Crippen molar-refractivity contribution in [3.05, 3.63) is 43.6 Å². The number of aromatic nitrogens is 2. The summed E-state index contributed by atoms with van der Waals surface area (Å²) in [5.74, 6) is 0.655. The van der Waals surface area contributed by atoms with Crippen molar-refractivity contribution in [3.63, 3.8) is 0 Å². The van der Waals surface area contributed by atoms with E-state index >= 15 is 0 Å². The van der Waals surface area contributed by atoms with E-state index in [1.54, 1.807) is 6.07 Å². The molecule has 0 aliphatic carbocycles. The minimum Gasteiger partial charge on any atom is -0.486 e. The van der Waals surface area contributed by atoms with Crippen LogP contribution in [0.3, 0.4) is 0 Å². The summed E-state index contributed by atoms with van der Waals surface area (Å²) in [7, 11) is 1.91. The van der Waals surface area contributed by atoms with E-state index in [4.69, 9.17) is 16.3 Å². The van der Waals surface area contributed by atoms with Crippen LogP contribution in [0.25, 0.3) is 0 Å². The van der Waals surface area contributed by atoms with Gasteiger partial charge in [0, 0.05) is 11.5 Å². The molecular weight excluding hydrogens is 395 g/mol. The fourth-order valence-corrected chi connectivity index (χ4v) is 2.95. The number of hydrogen-bond acceptors (Lipinski definition) is 2. The van der Waals surface area contributed by atoms with Gasteiger partial charge in [-0.3, -0.25) is 4.68 Å². The van der Waals surface area contributed by atoms with Gasteiger partial charge < -0.3 is 4.74 Å². The minimum atomic E-state index is 0.417. The standard InChI is InChI=1S/C13H13Br2ClN2O/c1-3-10-13(15)11(18(2)17-10)7-19-12-6-8(14)4-5-9(12)16/h4-6H,3,7H2,1-2H3. The maximum atomic E-state index is 6.09. The van der Waals surface area contributed by atoms with Crippen LogP contribution in [0.4, 0.5) is 0 Å². The summed E-state index contributed by atoms with van der Waals surface area (Å²) in [5, 5.41) is 5.02. The van der Waals surface area contributed by atoms with Gasteiger partial charge in [0.15, 0.2) is 0 Å². The lowest BCUT2D eigenvalue weighted by molar-refractivity contribution is 0.294. The Morgan fingerprint density at radius 2 is 2.11 bits per heavy atom. The Morgan fingerprint density at radius 1 is 1.37 bits per heavy atom. The third-order valence-corrected chi connectivity index (χ3v) is 4.48. The number of nitrogens with zero attached hydrogens (tertiary/aromatic N) is 2. The molecule has 2 rings (SSSR count). The number of halogens is 3. The Balaban J connectivity index is 2.19. The molecule has 0 unspecified atom stereocenters. The molecule has 0 spiro atoms. The number of hydrogen-bond donors (Lipinski definition) is 0. The normalized spacial score (nSPS) is 10.8. The largest absolute Gasteiger partial charge is 0.486 e. The van der Waals surface area contributed by atoms with E-state index in [1.807, 2.05) is 23.9 Å². The van der Waals surface area contributed by atoms with Gasteiger partial charge in [-0.25, -0.2) is 0 Å². The Bertz CT molecular complexity index is 599. The summed E-state index contributed by atoms with van der Waals surface area (Å²) in [5.41, 5.74) is 2.02. The fraction of sp³-hybridized carbons (Fsp3) is 0.308. The van der Waals surface area contributed by atoms with Gasteiger partial charge in [-0.15, -0.1) is 0 Å². The Morgan fingerprint density at radius 3 is 2.74 bits per heavy atom. The lowest BCUT2D eigenvalue weighted by atomic mass is 10.3. The molecule has 0 saturated heterocycles. The number of rotatable bonds is 4. The summed E-state index contributed by atoms with van der Waals surface area (Å²) in [4.78, 5) is 0. The first-order valence-corrected chi connectivity index (χ1v) is 7.77. The lowest BCUT2D eigenvalue weighted by Crippen LogP contribution is -2.04. The van der Waals surface area contributed by atoms with Crippen LogP contribution in [0.5, 0.6) is 5.75 Å². The number of aryl methyl sites for hydroxylation is 2. The van der Waals surface area contributed by atoms with Crippen LogP contribution in [0.2, 0.25) is 5.02 Å². The van der Waals surface area contributed by atoms with Crippen molar-refractivity contribution in [3.8, 4) is 5.75 Å². The Kier molecular flexibility index (Phi) is 4.92. The fourth-order valence-electron chi connectivity index (χ4n) is 1.71. The second kappa shape index (κ2) is 6.29. The molecule has 0 atom stereocenters. The third kappa shape index (κ3) is 3.33. The van der Waals surface area contributed by atoms with E-state index in [-0.39, 0.29) is 0 Å². The average molecular weight is 409 g/mol. The second-order valence-electron chi connectivity index (χ2n) is 4.05. The van der Waals surface area contributed by atoms with Gasteiger partial charge in [-0.2, -0.15) is 5.10 Å². The second-order valence-corrected chi connectivity index (χ2v) is 6.16. The molecule has 1 aromatic heterocycles. The van der Waals surface area contributed by atoms with Gasteiger partial charge in [-0.1, -0.05) is 34.5 Å². The molecule has 102 valence electrons. The molecule has 0 amide bonds. The highest BCUT2D eigenvalue weighted by molar-refractivity contribution is 9.10. The zero-order valence-corrected chi connectivity index (χ0v) is 14.5. The van der Waals surface area contributed by atoms with Crippen molar-refractivity contribution in [2.75, 3.05) is 0 Å². The summed E-state index contributed by atoms with van der Waals surface area (Å²) >= 11 is 13.1. The van der Waals surface area contributed by atoms with Crippen molar-refractivity contribution in [1.29, 1.82) is 0 Å². The third-order valence-electron chi connectivity index (χ3n) is 2.76. The van der Waals surface area contributed by atoms with Crippen LogP contribution in [-0.4, -0.2) is 9.78 Å². The lowest BCUT2D eigenvalue weighted by Gasteiger charge is -2.09. The average Bonchev–Trinajstić information content (AvgIpc) is 2.66. The first-order valence-electron chi connectivity index (χ1n) is 5.81. The van der Waals surface area contributed by atoms with E-state index in [1.165, 1.54) is 0 Å². The van der Waals surface area contributed by atoms with Gasteiger partial charge in [0.2, 0.25) is 0 Å². The summed E-state index contributed by atoms with van der Waals surface area (Å²) in [6.45, 7) is 2.49. The van der Waals surface area contributed by atoms with Crippen LogP contribution in [0.1, 0.15) is 18.3 Å². The van der Waals surface area contributed by atoms with Crippen molar-refractivity contribution >= 4 is 43.5 Å². The Hall–Kier alpha value is -0.520. The molecule has 19 heavy (non-hydrogen) atoms. The van der Waals surface area contributed by atoms with Crippen molar-refractivity contribution < 1.29 is 4.74 Å². The maximum absolute atomic E-state index is 6.09. The zero-order chi connectivity index (χ0) is 14.0. The number of ether oxygens (including phenoxy) is 1. The first kappa shape index (κ1) is 14.9. The smallest absolute Gasteiger partial charge is 0.139 e. The van der Waals surface area contributed by atoms with Crippen LogP contribution in [0, 0.1) is 0 Å². The highest BCUT2D eigenvalue weighted by atomic mass is 79.9. The molecular formula is C13H13Br2ClN2O. The summed E-state index contributed by atoms with van der Waals surface area (Å²) in [6, 6.07) is 5.54. The van der Waals surface area contributed by atoms with Gasteiger partial charge in [0.25, 0.3) is 0 Å². The van der Waals surface area contributed by atoms with Gasteiger partial charge in [-0.05, 0) is 40.5 Å². The highest BCUT2D eigenvalue weighted by Crippen LogP contribution is 2.30. The summed E-state index contributed by atoms with van der Waals surface area (Å²) in [6.07, 6.45) is 0.881. The predicted molar refractivity (Wildman–Crippen MR) is 83.8 cm³/mol. The molecule has 2 aromatic rings. The maximum Gasteiger partial charge on any atom is 0.139 e. The molecule has 0 fully saturated rings. The molecule has 0 radical (unpaired) electrons. The zero-order valence-electron chi connectivity index (χ0n) is 10.6. The molecule has 0 bridgehead atoms. The molecule has 1 aromatic carbocycles. The van der Waals surface area contributed by atoms with Crippen LogP contribution >= 0.6 is 43.5 Å². The Labute approximate surface area is 134 Å². The highest BCUT2D eigenvalue weighted by Gasteiger charge is 2.13. The first-order chi connectivity index (χ1) is 9.02. The molecule has 6 heteroatoms. The van der Waals surface area contributed by atoms with E-state index in [2.05, 4.69) is 43.9 Å². The van der Waals surface area contributed by atoms with Gasteiger partial charge in [0.05, 0.1) is 20.9 Å². The summed E-state index contributed by atoms with van der Waals surface area (Å²) < 4.78 is 9.54. The SMILES string of the molecule is CCc1nn(C)c(COc2cc(Br)ccc2Cl)c1Br. The van der Waals surface area contributed by atoms with Crippen molar-refractivity contribution in [2.24, 2.45) is 7.05 Å². The quantitative estimate of drug-likeness (QED) is 0.731. The van der Waals surface area contributed by atoms with Crippen LogP contribution < -0.4 is 4.74 Å². The van der Waals surface area contributed by atoms with Crippen molar-refractivity contribution in [1.82, 2.24) is 9.78 Å². The van der Waals surface area contributed by atoms with E-state index in [0.29, 0.717) is 17.4 Å². The van der Waals surface area contributed by atoms with Gasteiger partial charge >= 0.3 is 0 Å². The van der Waals surface area contributed by atoms with Crippen LogP contribution in [-0.2, 0) is 20.1 Å².